The van der Waals surface area contributed by atoms with Gasteiger partial charge in [0, 0.05) is 29.9 Å². The average molecular weight is 297 g/mol. The van der Waals surface area contributed by atoms with Crippen LogP contribution in [0.25, 0.3) is 0 Å². The Bertz CT molecular complexity index is 758. The minimum absolute atomic E-state index is 0.0252. The summed E-state index contributed by atoms with van der Waals surface area (Å²) in [5.74, 6) is -0.146. The molecule has 6 heteroatoms. The summed E-state index contributed by atoms with van der Waals surface area (Å²) in [4.78, 5) is 29.2. The van der Waals surface area contributed by atoms with Crippen molar-refractivity contribution in [3.05, 3.63) is 63.5 Å². The van der Waals surface area contributed by atoms with Gasteiger partial charge in [-0.15, -0.1) is 0 Å². The SMILES string of the molecule is Cc1cc(C(=O)N2CCCc3ncccc32)ccc1[N+](=O)[O-]. The zero-order valence-electron chi connectivity index (χ0n) is 12.2. The number of anilines is 1. The Balaban J connectivity index is 1.95. The summed E-state index contributed by atoms with van der Waals surface area (Å²) < 4.78 is 0. The molecule has 0 saturated carbocycles. The molecule has 112 valence electrons. The molecule has 0 radical (unpaired) electrons. The normalized spacial score (nSPS) is 13.6. The number of hydrogen-bond donors (Lipinski definition) is 0. The van der Waals surface area contributed by atoms with Crippen LogP contribution < -0.4 is 4.90 Å². The van der Waals surface area contributed by atoms with Gasteiger partial charge in [-0.1, -0.05) is 0 Å². The molecular weight excluding hydrogens is 282 g/mol. The molecule has 22 heavy (non-hydrogen) atoms. The summed E-state index contributed by atoms with van der Waals surface area (Å²) in [5, 5.41) is 10.9. The predicted molar refractivity (Wildman–Crippen MR) is 82.1 cm³/mol. The Labute approximate surface area is 127 Å². The molecule has 3 rings (SSSR count). The second-order valence-corrected chi connectivity index (χ2v) is 5.29. The molecule has 1 aromatic carbocycles. The lowest BCUT2D eigenvalue weighted by atomic mass is 10.0. The third-order valence-corrected chi connectivity index (χ3v) is 3.84. The number of hydrogen-bond acceptors (Lipinski definition) is 4. The second-order valence-electron chi connectivity index (χ2n) is 5.29. The molecule has 0 unspecified atom stereocenters. The molecule has 0 bridgehead atoms. The zero-order chi connectivity index (χ0) is 15.7. The molecule has 0 aliphatic carbocycles. The van der Waals surface area contributed by atoms with Crippen molar-refractivity contribution in [2.45, 2.75) is 19.8 Å². The number of nitro benzene ring substituents is 1. The van der Waals surface area contributed by atoms with Gasteiger partial charge in [-0.05, 0) is 44.0 Å². The van der Waals surface area contributed by atoms with Crippen LogP contribution in [0.5, 0.6) is 0 Å². The fraction of sp³-hybridized carbons (Fsp3) is 0.250. The van der Waals surface area contributed by atoms with Crippen molar-refractivity contribution >= 4 is 17.3 Å². The number of aryl methyl sites for hydroxylation is 2. The average Bonchev–Trinajstić information content (AvgIpc) is 2.53. The first-order chi connectivity index (χ1) is 10.6. The largest absolute Gasteiger partial charge is 0.307 e. The van der Waals surface area contributed by atoms with E-state index in [-0.39, 0.29) is 11.6 Å². The number of nitrogens with zero attached hydrogens (tertiary/aromatic N) is 3. The van der Waals surface area contributed by atoms with Gasteiger partial charge >= 0.3 is 0 Å². The Morgan fingerprint density at radius 1 is 1.36 bits per heavy atom. The van der Waals surface area contributed by atoms with Gasteiger partial charge in [0.25, 0.3) is 11.6 Å². The number of nitro groups is 1. The van der Waals surface area contributed by atoms with Crippen LogP contribution in [-0.2, 0) is 6.42 Å². The summed E-state index contributed by atoms with van der Waals surface area (Å²) in [6.45, 7) is 2.27. The minimum Gasteiger partial charge on any atom is -0.307 e. The van der Waals surface area contributed by atoms with Crippen molar-refractivity contribution < 1.29 is 9.72 Å². The fourth-order valence-corrected chi connectivity index (χ4v) is 2.75. The molecule has 6 nitrogen and oxygen atoms in total. The molecule has 0 fully saturated rings. The molecule has 2 aromatic rings. The van der Waals surface area contributed by atoms with Crippen molar-refractivity contribution in [1.29, 1.82) is 0 Å². The Morgan fingerprint density at radius 3 is 2.91 bits per heavy atom. The van der Waals surface area contributed by atoms with Crippen LogP contribution >= 0.6 is 0 Å². The molecule has 1 amide bonds. The van der Waals surface area contributed by atoms with Gasteiger partial charge in [0.15, 0.2) is 0 Å². The highest BCUT2D eigenvalue weighted by Gasteiger charge is 2.25. The smallest absolute Gasteiger partial charge is 0.272 e. The van der Waals surface area contributed by atoms with E-state index >= 15 is 0 Å². The van der Waals surface area contributed by atoms with Crippen LogP contribution in [-0.4, -0.2) is 22.4 Å². The summed E-state index contributed by atoms with van der Waals surface area (Å²) in [6.07, 6.45) is 3.45. The van der Waals surface area contributed by atoms with Crippen LogP contribution in [0, 0.1) is 17.0 Å². The molecule has 0 atom stereocenters. The van der Waals surface area contributed by atoms with E-state index in [9.17, 15) is 14.9 Å². The zero-order valence-corrected chi connectivity index (χ0v) is 12.2. The first-order valence-electron chi connectivity index (χ1n) is 7.09. The van der Waals surface area contributed by atoms with Crippen molar-refractivity contribution in [3.8, 4) is 0 Å². The number of fused-ring (bicyclic) bond motifs is 1. The second kappa shape index (κ2) is 5.55. The summed E-state index contributed by atoms with van der Waals surface area (Å²) >= 11 is 0. The first-order valence-corrected chi connectivity index (χ1v) is 7.09. The Hall–Kier alpha value is -2.76. The predicted octanol–water partition coefficient (Wildman–Crippen LogP) is 2.89. The van der Waals surface area contributed by atoms with Gasteiger partial charge in [0.2, 0.25) is 0 Å². The maximum Gasteiger partial charge on any atom is 0.272 e. The van der Waals surface area contributed by atoms with Crippen LogP contribution in [0.15, 0.2) is 36.5 Å². The summed E-state index contributed by atoms with van der Waals surface area (Å²) in [5.41, 5.74) is 2.71. The molecular formula is C16H15N3O3. The van der Waals surface area contributed by atoms with Gasteiger partial charge in [0.05, 0.1) is 16.3 Å². The molecule has 1 aliphatic rings. The van der Waals surface area contributed by atoms with Gasteiger partial charge in [-0.3, -0.25) is 19.9 Å². The third-order valence-electron chi connectivity index (χ3n) is 3.84. The molecule has 2 heterocycles. The number of aromatic nitrogens is 1. The lowest BCUT2D eigenvalue weighted by Gasteiger charge is -2.28. The topological polar surface area (TPSA) is 76.3 Å². The highest BCUT2D eigenvalue weighted by Crippen LogP contribution is 2.27. The Kier molecular flexibility index (Phi) is 3.58. The van der Waals surface area contributed by atoms with Crippen LogP contribution in [0.1, 0.15) is 28.0 Å². The van der Waals surface area contributed by atoms with E-state index < -0.39 is 4.92 Å². The molecule has 0 N–H and O–H groups in total. The maximum absolute atomic E-state index is 12.7. The fourth-order valence-electron chi connectivity index (χ4n) is 2.75. The molecule has 1 aliphatic heterocycles. The van der Waals surface area contributed by atoms with E-state index in [0.717, 1.165) is 24.2 Å². The summed E-state index contributed by atoms with van der Waals surface area (Å²) in [7, 11) is 0. The number of benzene rings is 1. The highest BCUT2D eigenvalue weighted by atomic mass is 16.6. The van der Waals surface area contributed by atoms with E-state index in [0.29, 0.717) is 17.7 Å². The number of pyridine rings is 1. The summed E-state index contributed by atoms with van der Waals surface area (Å²) in [6, 6.07) is 8.17. The van der Waals surface area contributed by atoms with Gasteiger partial charge in [-0.25, -0.2) is 0 Å². The van der Waals surface area contributed by atoms with E-state index in [1.165, 1.54) is 12.1 Å². The van der Waals surface area contributed by atoms with Crippen molar-refractivity contribution in [3.63, 3.8) is 0 Å². The van der Waals surface area contributed by atoms with Crippen LogP contribution in [0.4, 0.5) is 11.4 Å². The Morgan fingerprint density at radius 2 is 2.18 bits per heavy atom. The third kappa shape index (κ3) is 2.43. The van der Waals surface area contributed by atoms with Crippen molar-refractivity contribution in [1.82, 2.24) is 4.98 Å². The van der Waals surface area contributed by atoms with Gasteiger partial charge in [0.1, 0.15) is 0 Å². The quantitative estimate of drug-likeness (QED) is 0.631. The standard InChI is InChI=1S/C16H15N3O3/c1-11-10-12(6-7-14(11)19(21)22)16(20)18-9-3-4-13-15(18)5-2-8-17-13/h2,5-8,10H,3-4,9H2,1H3. The number of amides is 1. The van der Waals surface area contributed by atoms with Crippen molar-refractivity contribution in [2.75, 3.05) is 11.4 Å². The van der Waals surface area contributed by atoms with Crippen LogP contribution in [0.3, 0.4) is 0 Å². The number of rotatable bonds is 2. The first kappa shape index (κ1) is 14.2. The van der Waals surface area contributed by atoms with E-state index in [1.54, 1.807) is 24.1 Å². The van der Waals surface area contributed by atoms with E-state index in [2.05, 4.69) is 4.98 Å². The minimum atomic E-state index is -0.441. The van der Waals surface area contributed by atoms with E-state index in [4.69, 9.17) is 0 Å². The lowest BCUT2D eigenvalue weighted by molar-refractivity contribution is -0.385. The monoisotopic (exact) mass is 297 g/mol. The van der Waals surface area contributed by atoms with Gasteiger partial charge in [-0.2, -0.15) is 0 Å². The highest BCUT2D eigenvalue weighted by molar-refractivity contribution is 6.06. The molecule has 0 spiro atoms. The van der Waals surface area contributed by atoms with Crippen LogP contribution in [0.2, 0.25) is 0 Å². The van der Waals surface area contributed by atoms with E-state index in [1.807, 2.05) is 12.1 Å². The number of carbonyl (C=O) groups is 1. The molecule has 0 saturated heterocycles. The number of carbonyl (C=O) groups excluding carboxylic acids is 1. The maximum atomic E-state index is 12.7. The van der Waals surface area contributed by atoms with Crippen molar-refractivity contribution in [2.24, 2.45) is 0 Å². The lowest BCUT2D eigenvalue weighted by Crippen LogP contribution is -2.35. The molecule has 1 aromatic heterocycles. The van der Waals surface area contributed by atoms with Gasteiger partial charge < -0.3 is 4.90 Å².